The first kappa shape index (κ1) is 27.3. The van der Waals surface area contributed by atoms with Crippen LogP contribution in [0, 0.1) is 6.92 Å². The van der Waals surface area contributed by atoms with Gasteiger partial charge in [-0.3, -0.25) is 9.69 Å². The fourth-order valence-electron chi connectivity index (χ4n) is 3.94. The number of carboxylic acids is 2. The van der Waals surface area contributed by atoms with Crippen LogP contribution in [-0.2, 0) is 11.3 Å². The van der Waals surface area contributed by atoms with Crippen molar-refractivity contribution in [2.75, 3.05) is 13.1 Å². The molecule has 1 unspecified atom stereocenters. The third-order valence-corrected chi connectivity index (χ3v) is 5.51. The minimum Gasteiger partial charge on any atom is -0.478 e. The number of nitrogens with zero attached hydrogens (tertiary/aromatic N) is 1. The first-order valence-corrected chi connectivity index (χ1v) is 10.4. The summed E-state index contributed by atoms with van der Waals surface area (Å²) in [5.74, 6) is -2.00. The number of carboxylic acid groups (broad SMARTS) is 2. The Morgan fingerprint density at radius 1 is 0.938 bits per heavy atom. The minimum atomic E-state index is -1.11. The van der Waals surface area contributed by atoms with Crippen molar-refractivity contribution in [3.8, 4) is 0 Å². The van der Waals surface area contributed by atoms with Crippen LogP contribution in [0.2, 0.25) is 0 Å². The van der Waals surface area contributed by atoms with Crippen molar-refractivity contribution in [2.24, 2.45) is 5.73 Å². The van der Waals surface area contributed by atoms with Gasteiger partial charge in [-0.15, -0.1) is 12.4 Å². The Bertz CT molecular complexity index is 909. The topological polar surface area (TPSA) is 121 Å². The highest BCUT2D eigenvalue weighted by Crippen LogP contribution is 2.27. The molecule has 4 N–H and O–H groups in total. The van der Waals surface area contributed by atoms with E-state index < -0.39 is 11.9 Å². The van der Waals surface area contributed by atoms with Crippen LogP contribution in [0.1, 0.15) is 69.6 Å². The summed E-state index contributed by atoms with van der Waals surface area (Å²) >= 11 is 0. The highest BCUT2D eigenvalue weighted by Gasteiger charge is 2.27. The summed E-state index contributed by atoms with van der Waals surface area (Å²) in [6, 6.07) is 12.1. The number of Topliss-reactive ketones (excluding diaryl/α,β-unsaturated/α-hetero) is 1. The zero-order valence-corrected chi connectivity index (χ0v) is 19.2. The lowest BCUT2D eigenvalue weighted by Crippen LogP contribution is -2.37. The van der Waals surface area contributed by atoms with E-state index >= 15 is 0 Å². The van der Waals surface area contributed by atoms with Crippen molar-refractivity contribution < 1.29 is 24.6 Å². The van der Waals surface area contributed by atoms with Gasteiger partial charge in [0.25, 0.3) is 0 Å². The van der Waals surface area contributed by atoms with E-state index in [9.17, 15) is 14.4 Å². The number of hydrogen-bond acceptors (Lipinski definition) is 5. The lowest BCUT2D eigenvalue weighted by molar-refractivity contribution is -0.122. The van der Waals surface area contributed by atoms with Crippen LogP contribution >= 0.6 is 12.4 Å². The van der Waals surface area contributed by atoms with Gasteiger partial charge in [0.2, 0.25) is 0 Å². The van der Waals surface area contributed by atoms with E-state index in [4.69, 9.17) is 15.9 Å². The van der Waals surface area contributed by atoms with Crippen molar-refractivity contribution in [3.05, 3.63) is 70.3 Å². The average molecular weight is 463 g/mol. The van der Waals surface area contributed by atoms with Gasteiger partial charge in [-0.2, -0.15) is 0 Å². The number of benzene rings is 2. The Hall–Kier alpha value is -2.74. The van der Waals surface area contributed by atoms with Crippen molar-refractivity contribution in [1.29, 1.82) is 0 Å². The molecule has 1 heterocycles. The molecule has 0 bridgehead atoms. The second kappa shape index (κ2) is 13.0. The predicted octanol–water partition coefficient (Wildman–Crippen LogP) is 4.07. The van der Waals surface area contributed by atoms with Crippen LogP contribution in [0.15, 0.2) is 42.5 Å². The number of hydrogen-bond donors (Lipinski definition) is 3. The number of ketones is 1. The largest absolute Gasteiger partial charge is 0.478 e. The van der Waals surface area contributed by atoms with Crippen LogP contribution in [-0.4, -0.2) is 45.9 Å². The van der Waals surface area contributed by atoms with E-state index in [2.05, 4.69) is 4.90 Å². The molecule has 2 aromatic rings. The van der Waals surface area contributed by atoms with Crippen molar-refractivity contribution in [1.82, 2.24) is 4.90 Å². The van der Waals surface area contributed by atoms with E-state index in [0.717, 1.165) is 24.2 Å². The van der Waals surface area contributed by atoms with E-state index in [0.29, 0.717) is 6.54 Å². The average Bonchev–Trinajstić information content (AvgIpc) is 2.75. The first-order valence-electron chi connectivity index (χ1n) is 10.4. The Morgan fingerprint density at radius 3 is 1.94 bits per heavy atom. The lowest BCUT2D eigenvalue weighted by atomic mass is 9.94. The number of carbonyl (C=O) groups is 3. The molecule has 0 spiro atoms. The third-order valence-electron chi connectivity index (χ3n) is 5.51. The van der Waals surface area contributed by atoms with E-state index in [1.807, 2.05) is 24.3 Å². The normalized spacial score (nSPS) is 14.3. The summed E-state index contributed by atoms with van der Waals surface area (Å²) in [6.07, 6.45) is 3.66. The number of nitrogens with two attached hydrogens (primary N) is 1. The highest BCUT2D eigenvalue weighted by molar-refractivity contribution is 5.96. The summed E-state index contributed by atoms with van der Waals surface area (Å²) < 4.78 is 0. The molecule has 8 heteroatoms. The molecule has 1 fully saturated rings. The Balaban J connectivity index is 0.000000327. The minimum absolute atomic E-state index is 0. The van der Waals surface area contributed by atoms with Gasteiger partial charge < -0.3 is 15.9 Å². The Kier molecular flexibility index (Phi) is 11.1. The zero-order chi connectivity index (χ0) is 23.0. The number of carbonyl (C=O) groups excluding carboxylic acids is 1. The molecule has 0 aliphatic carbocycles. The SMILES string of the molecule is CC(=O)C(c1ccccc1CN)N1CCCCC1.Cc1c(C(=O)O)cccc1C(=O)O.Cl. The van der Waals surface area contributed by atoms with Crippen LogP contribution < -0.4 is 5.73 Å². The molecule has 1 aliphatic rings. The maximum absolute atomic E-state index is 12.0. The fourth-order valence-corrected chi connectivity index (χ4v) is 3.94. The number of aromatic carboxylic acids is 2. The molecule has 3 rings (SSSR count). The van der Waals surface area contributed by atoms with Gasteiger partial charge in [0.05, 0.1) is 17.2 Å². The second-order valence-electron chi connectivity index (χ2n) is 7.60. The van der Waals surface area contributed by atoms with Gasteiger partial charge in [-0.25, -0.2) is 9.59 Å². The number of rotatable bonds is 6. The maximum Gasteiger partial charge on any atom is 0.335 e. The molecule has 1 saturated heterocycles. The molecule has 0 saturated carbocycles. The monoisotopic (exact) mass is 462 g/mol. The van der Waals surface area contributed by atoms with Crippen LogP contribution in [0.3, 0.4) is 0 Å². The second-order valence-corrected chi connectivity index (χ2v) is 7.60. The maximum atomic E-state index is 12.0. The molecule has 0 amide bonds. The van der Waals surface area contributed by atoms with Gasteiger partial charge in [-0.05, 0) is 68.6 Å². The van der Waals surface area contributed by atoms with Crippen molar-refractivity contribution >= 4 is 30.1 Å². The van der Waals surface area contributed by atoms with Gasteiger partial charge in [0.1, 0.15) is 0 Å². The first-order chi connectivity index (χ1) is 14.8. The Morgan fingerprint density at radius 2 is 1.47 bits per heavy atom. The molecule has 1 aliphatic heterocycles. The summed E-state index contributed by atoms with van der Waals surface area (Å²) in [5.41, 5.74) is 8.30. The molecule has 32 heavy (non-hydrogen) atoms. The highest BCUT2D eigenvalue weighted by atomic mass is 35.5. The molecule has 0 aromatic heterocycles. The summed E-state index contributed by atoms with van der Waals surface area (Å²) in [4.78, 5) is 35.5. The molecular formula is C24H31ClN2O5. The molecule has 0 radical (unpaired) electrons. The summed E-state index contributed by atoms with van der Waals surface area (Å²) in [7, 11) is 0. The van der Waals surface area contributed by atoms with Gasteiger partial charge in [0, 0.05) is 6.54 Å². The van der Waals surface area contributed by atoms with Crippen molar-refractivity contribution in [2.45, 2.75) is 45.7 Å². The zero-order valence-electron chi connectivity index (χ0n) is 18.4. The van der Waals surface area contributed by atoms with Crippen LogP contribution in [0.4, 0.5) is 0 Å². The lowest BCUT2D eigenvalue weighted by Gasteiger charge is -2.34. The van der Waals surface area contributed by atoms with Crippen LogP contribution in [0.5, 0.6) is 0 Å². The molecule has 7 nitrogen and oxygen atoms in total. The molecular weight excluding hydrogens is 432 g/mol. The predicted molar refractivity (Wildman–Crippen MR) is 126 cm³/mol. The van der Waals surface area contributed by atoms with E-state index in [-0.39, 0.29) is 40.9 Å². The fraction of sp³-hybridized carbons (Fsp3) is 0.375. The van der Waals surface area contributed by atoms with Crippen LogP contribution in [0.25, 0.3) is 0 Å². The van der Waals surface area contributed by atoms with E-state index in [1.165, 1.54) is 44.4 Å². The number of halogens is 1. The van der Waals surface area contributed by atoms with Gasteiger partial charge in [0.15, 0.2) is 5.78 Å². The molecule has 1 atom stereocenters. The third kappa shape index (κ3) is 6.88. The Labute approximate surface area is 194 Å². The molecule has 2 aromatic carbocycles. The smallest absolute Gasteiger partial charge is 0.335 e. The molecule has 174 valence electrons. The van der Waals surface area contributed by atoms with Gasteiger partial charge in [-0.1, -0.05) is 36.8 Å². The number of piperidine rings is 1. The summed E-state index contributed by atoms with van der Waals surface area (Å²) in [5, 5.41) is 17.4. The van der Waals surface area contributed by atoms with Gasteiger partial charge >= 0.3 is 11.9 Å². The standard InChI is InChI=1S/C15H22N2O.C9H8O4.ClH/c1-12(18)15(17-9-5-2-6-10-17)14-8-4-3-7-13(14)11-16;1-5-6(8(10)11)3-2-4-7(5)9(12)13;/h3-4,7-8,15H,2,5-6,9-11,16H2,1H3;2-4H,1H3,(H,10,11)(H,12,13);1H. The van der Waals surface area contributed by atoms with E-state index in [1.54, 1.807) is 6.92 Å². The summed E-state index contributed by atoms with van der Waals surface area (Å²) in [6.45, 7) is 5.69. The number of likely N-dealkylation sites (tertiary alicyclic amines) is 1. The van der Waals surface area contributed by atoms with Crippen molar-refractivity contribution in [3.63, 3.8) is 0 Å². The quantitative estimate of drug-likeness (QED) is 0.591.